The third-order valence-electron chi connectivity index (χ3n) is 1.60. The van der Waals surface area contributed by atoms with E-state index < -0.39 is 5.82 Å². The first-order valence-corrected chi connectivity index (χ1v) is 4.94. The van der Waals surface area contributed by atoms with Crippen molar-refractivity contribution in [2.75, 3.05) is 11.2 Å². The van der Waals surface area contributed by atoms with Crippen molar-refractivity contribution in [1.29, 1.82) is 0 Å². The van der Waals surface area contributed by atoms with Gasteiger partial charge < -0.3 is 5.32 Å². The topological polar surface area (TPSA) is 29.1 Å². The maximum absolute atomic E-state index is 13.1. The molecule has 14 heavy (non-hydrogen) atoms. The van der Waals surface area contributed by atoms with Crippen LogP contribution in [0.3, 0.4) is 0 Å². The quantitative estimate of drug-likeness (QED) is 0.803. The van der Waals surface area contributed by atoms with Gasteiger partial charge in [-0.3, -0.25) is 4.79 Å². The molecule has 5 heteroatoms. The standard InChI is InChI=1S/C9H8Cl2FNO/c10-4-6-1-2-7(3-8(6)12)13-9(14)5-11/h1-3H,4-5H2,(H,13,14). The Hall–Kier alpha value is -0.800. The van der Waals surface area contributed by atoms with Crippen molar-refractivity contribution in [3.63, 3.8) is 0 Å². The average Bonchev–Trinajstić information content (AvgIpc) is 2.18. The van der Waals surface area contributed by atoms with Gasteiger partial charge in [-0.05, 0) is 12.1 Å². The minimum absolute atomic E-state index is 0.107. The van der Waals surface area contributed by atoms with Crippen LogP contribution >= 0.6 is 23.2 Å². The molecule has 0 spiro atoms. The van der Waals surface area contributed by atoms with Crippen molar-refractivity contribution >= 4 is 34.8 Å². The molecule has 0 unspecified atom stereocenters. The molecule has 0 aromatic heterocycles. The normalized spacial score (nSPS) is 9.93. The van der Waals surface area contributed by atoms with Gasteiger partial charge in [0.1, 0.15) is 11.7 Å². The number of carbonyl (C=O) groups is 1. The Morgan fingerprint density at radius 3 is 2.64 bits per heavy atom. The highest BCUT2D eigenvalue weighted by atomic mass is 35.5. The second kappa shape index (κ2) is 5.17. The van der Waals surface area contributed by atoms with Crippen LogP contribution < -0.4 is 5.32 Å². The highest BCUT2D eigenvalue weighted by Gasteiger charge is 2.04. The highest BCUT2D eigenvalue weighted by molar-refractivity contribution is 6.29. The van der Waals surface area contributed by atoms with E-state index in [1.807, 2.05) is 0 Å². The SMILES string of the molecule is O=C(CCl)Nc1ccc(CCl)c(F)c1. The molecule has 0 bridgehead atoms. The lowest BCUT2D eigenvalue weighted by atomic mass is 10.2. The molecule has 2 nitrogen and oxygen atoms in total. The molecule has 0 aliphatic rings. The fraction of sp³-hybridized carbons (Fsp3) is 0.222. The van der Waals surface area contributed by atoms with E-state index in [1.165, 1.54) is 12.1 Å². The van der Waals surface area contributed by atoms with E-state index in [4.69, 9.17) is 23.2 Å². The van der Waals surface area contributed by atoms with Crippen LogP contribution in [0.5, 0.6) is 0 Å². The molecule has 1 amide bonds. The van der Waals surface area contributed by atoms with Gasteiger partial charge in [-0.1, -0.05) is 6.07 Å². The van der Waals surface area contributed by atoms with Crippen molar-refractivity contribution in [3.05, 3.63) is 29.6 Å². The van der Waals surface area contributed by atoms with Gasteiger partial charge in [0, 0.05) is 11.3 Å². The number of nitrogens with one attached hydrogen (secondary N) is 1. The second-order valence-corrected chi connectivity index (χ2v) is 3.16. The summed E-state index contributed by atoms with van der Waals surface area (Å²) < 4.78 is 13.1. The Morgan fingerprint density at radius 2 is 2.14 bits per heavy atom. The van der Waals surface area contributed by atoms with Gasteiger partial charge in [0.05, 0.1) is 5.88 Å². The Labute approximate surface area is 91.0 Å². The molecule has 0 saturated carbocycles. The van der Waals surface area contributed by atoms with Crippen LogP contribution in [0.4, 0.5) is 10.1 Å². The molecular formula is C9H8Cl2FNO. The number of rotatable bonds is 3. The van der Waals surface area contributed by atoms with E-state index in [0.717, 1.165) is 0 Å². The van der Waals surface area contributed by atoms with E-state index in [9.17, 15) is 9.18 Å². The van der Waals surface area contributed by atoms with Crippen molar-refractivity contribution in [2.24, 2.45) is 0 Å². The zero-order valence-corrected chi connectivity index (χ0v) is 8.70. The van der Waals surface area contributed by atoms with E-state index in [2.05, 4.69) is 5.32 Å². The fourth-order valence-corrected chi connectivity index (χ4v) is 1.21. The molecule has 0 saturated heterocycles. The van der Waals surface area contributed by atoms with E-state index in [1.54, 1.807) is 6.07 Å². The van der Waals surface area contributed by atoms with E-state index >= 15 is 0 Å². The molecule has 0 aliphatic carbocycles. The van der Waals surface area contributed by atoms with Crippen LogP contribution in [-0.2, 0) is 10.7 Å². The number of halogens is 3. The van der Waals surface area contributed by atoms with E-state index in [0.29, 0.717) is 11.3 Å². The van der Waals surface area contributed by atoms with Gasteiger partial charge in [0.15, 0.2) is 0 Å². The van der Waals surface area contributed by atoms with E-state index in [-0.39, 0.29) is 17.7 Å². The maximum atomic E-state index is 13.1. The molecule has 0 heterocycles. The summed E-state index contributed by atoms with van der Waals surface area (Å²) in [5.41, 5.74) is 0.776. The van der Waals surface area contributed by atoms with Crippen molar-refractivity contribution in [3.8, 4) is 0 Å². The zero-order valence-electron chi connectivity index (χ0n) is 7.19. The lowest BCUT2D eigenvalue weighted by Gasteiger charge is -2.04. The average molecular weight is 236 g/mol. The van der Waals surface area contributed by atoms with Crippen LogP contribution in [0, 0.1) is 5.82 Å². The molecule has 0 fully saturated rings. The third-order valence-corrected chi connectivity index (χ3v) is 2.13. The minimum Gasteiger partial charge on any atom is -0.325 e. The van der Waals surface area contributed by atoms with Crippen LogP contribution in [0.1, 0.15) is 5.56 Å². The molecule has 1 N–H and O–H groups in total. The summed E-state index contributed by atoms with van der Waals surface area (Å²) in [4.78, 5) is 10.9. The summed E-state index contributed by atoms with van der Waals surface area (Å²) in [6, 6.07) is 4.31. The van der Waals surface area contributed by atoms with Gasteiger partial charge in [-0.15, -0.1) is 23.2 Å². The predicted molar refractivity (Wildman–Crippen MR) is 55.3 cm³/mol. The first-order valence-electron chi connectivity index (χ1n) is 3.87. The summed E-state index contributed by atoms with van der Waals surface area (Å²) in [5, 5.41) is 2.43. The first kappa shape index (κ1) is 11.3. The van der Waals surface area contributed by atoms with Gasteiger partial charge in [0.25, 0.3) is 0 Å². The largest absolute Gasteiger partial charge is 0.325 e. The molecule has 0 atom stereocenters. The second-order valence-electron chi connectivity index (χ2n) is 2.62. The number of carbonyl (C=O) groups excluding carboxylic acids is 1. The lowest BCUT2D eigenvalue weighted by Crippen LogP contribution is -2.12. The third kappa shape index (κ3) is 2.86. The summed E-state index contributed by atoms with van der Waals surface area (Å²) >= 11 is 10.7. The summed E-state index contributed by atoms with van der Waals surface area (Å²) in [6.45, 7) is 0. The van der Waals surface area contributed by atoms with Gasteiger partial charge in [-0.25, -0.2) is 4.39 Å². The van der Waals surface area contributed by atoms with Crippen LogP contribution in [-0.4, -0.2) is 11.8 Å². The highest BCUT2D eigenvalue weighted by Crippen LogP contribution is 2.16. The number of anilines is 1. The van der Waals surface area contributed by atoms with Gasteiger partial charge in [0.2, 0.25) is 5.91 Å². The van der Waals surface area contributed by atoms with Crippen LogP contribution in [0.2, 0.25) is 0 Å². The van der Waals surface area contributed by atoms with Crippen molar-refractivity contribution in [1.82, 2.24) is 0 Å². The number of amides is 1. The van der Waals surface area contributed by atoms with Crippen molar-refractivity contribution < 1.29 is 9.18 Å². The Morgan fingerprint density at radius 1 is 1.43 bits per heavy atom. The molecule has 0 radical (unpaired) electrons. The van der Waals surface area contributed by atoms with Crippen molar-refractivity contribution in [2.45, 2.75) is 5.88 Å². The monoisotopic (exact) mass is 235 g/mol. The molecule has 1 aromatic rings. The van der Waals surface area contributed by atoms with Gasteiger partial charge >= 0.3 is 0 Å². The zero-order chi connectivity index (χ0) is 10.6. The Bertz CT molecular complexity index is 344. The first-order chi connectivity index (χ1) is 6.67. The number of hydrogen-bond acceptors (Lipinski definition) is 1. The lowest BCUT2D eigenvalue weighted by molar-refractivity contribution is -0.113. The minimum atomic E-state index is -0.438. The Kier molecular flexibility index (Phi) is 4.17. The van der Waals surface area contributed by atoms with Gasteiger partial charge in [-0.2, -0.15) is 0 Å². The molecule has 1 rings (SSSR count). The summed E-state index contributed by atoms with van der Waals surface area (Å²) in [6.07, 6.45) is 0. The predicted octanol–water partition coefficient (Wildman–Crippen LogP) is 2.74. The summed E-state index contributed by atoms with van der Waals surface area (Å²) in [5.74, 6) is -0.855. The fourth-order valence-electron chi connectivity index (χ4n) is 0.928. The van der Waals surface area contributed by atoms with Crippen LogP contribution in [0.25, 0.3) is 0 Å². The smallest absolute Gasteiger partial charge is 0.239 e. The molecule has 1 aromatic carbocycles. The Balaban J connectivity index is 2.81. The van der Waals surface area contributed by atoms with Crippen LogP contribution in [0.15, 0.2) is 18.2 Å². The number of hydrogen-bond donors (Lipinski definition) is 1. The molecule has 76 valence electrons. The molecular weight excluding hydrogens is 228 g/mol. The summed E-state index contributed by atoms with van der Waals surface area (Å²) in [7, 11) is 0. The molecule has 0 aliphatic heterocycles. The number of alkyl halides is 2. The number of benzene rings is 1. The maximum Gasteiger partial charge on any atom is 0.239 e.